The highest BCUT2D eigenvalue weighted by Gasteiger charge is 2.15. The number of carboxylic acid groups (broad SMARTS) is 1. The van der Waals surface area contributed by atoms with Crippen molar-refractivity contribution < 1.29 is 24.5 Å². The molecule has 7 nitrogen and oxygen atoms in total. The van der Waals surface area contributed by atoms with Gasteiger partial charge in [0.2, 0.25) is 0 Å². The van der Waals surface area contributed by atoms with Gasteiger partial charge in [0.1, 0.15) is 5.75 Å². The lowest BCUT2D eigenvalue weighted by Gasteiger charge is -2.16. The number of urea groups is 1. The number of carbonyl (C=O) groups excluding carboxylic acids is 1. The van der Waals surface area contributed by atoms with Crippen molar-refractivity contribution in [2.45, 2.75) is 19.1 Å². The highest BCUT2D eigenvalue weighted by atomic mass is 16.5. The Morgan fingerprint density at radius 2 is 1.90 bits per heavy atom. The van der Waals surface area contributed by atoms with E-state index in [0.717, 1.165) is 11.3 Å². The van der Waals surface area contributed by atoms with Gasteiger partial charge in [-0.1, -0.05) is 12.1 Å². The van der Waals surface area contributed by atoms with Crippen LogP contribution in [0.2, 0.25) is 0 Å². The molecule has 0 heterocycles. The highest BCUT2D eigenvalue weighted by molar-refractivity contribution is 5.76. The van der Waals surface area contributed by atoms with Crippen molar-refractivity contribution in [2.75, 3.05) is 13.7 Å². The maximum Gasteiger partial charge on any atom is 0.334 e. The fourth-order valence-electron chi connectivity index (χ4n) is 1.50. The molecule has 4 N–H and O–H groups in total. The minimum absolute atomic E-state index is 0.261. The van der Waals surface area contributed by atoms with E-state index in [4.69, 9.17) is 14.9 Å². The van der Waals surface area contributed by atoms with Gasteiger partial charge in [-0.15, -0.1) is 0 Å². The number of carbonyl (C=O) groups is 2. The molecule has 0 fully saturated rings. The average molecular weight is 282 g/mol. The van der Waals surface area contributed by atoms with Crippen LogP contribution in [0.4, 0.5) is 4.79 Å². The van der Waals surface area contributed by atoms with E-state index in [1.54, 1.807) is 26.2 Å². The van der Waals surface area contributed by atoms with Crippen LogP contribution in [0.3, 0.4) is 0 Å². The largest absolute Gasteiger partial charge is 0.497 e. The van der Waals surface area contributed by atoms with Crippen LogP contribution in [-0.4, -0.2) is 42.0 Å². The third-order valence-corrected chi connectivity index (χ3v) is 2.70. The molecular formula is C13H18N2O5. The van der Waals surface area contributed by atoms with Gasteiger partial charge in [0.15, 0.2) is 6.10 Å². The fourth-order valence-corrected chi connectivity index (χ4v) is 1.50. The number of hydrogen-bond acceptors (Lipinski definition) is 4. The zero-order valence-electron chi connectivity index (χ0n) is 11.3. The molecule has 0 radical (unpaired) electrons. The Labute approximate surface area is 116 Å². The van der Waals surface area contributed by atoms with E-state index in [2.05, 4.69) is 10.6 Å². The Balaban J connectivity index is 2.46. The minimum atomic E-state index is -1.61. The Morgan fingerprint density at radius 1 is 1.30 bits per heavy atom. The molecule has 1 unspecified atom stereocenters. The van der Waals surface area contributed by atoms with Gasteiger partial charge < -0.3 is 25.6 Å². The van der Waals surface area contributed by atoms with Crippen molar-refractivity contribution in [3.63, 3.8) is 0 Å². The first-order valence-corrected chi connectivity index (χ1v) is 6.03. The van der Waals surface area contributed by atoms with Crippen molar-refractivity contribution in [1.29, 1.82) is 0 Å². The molecule has 110 valence electrons. The molecule has 0 bridgehead atoms. The van der Waals surface area contributed by atoms with Crippen molar-refractivity contribution in [2.24, 2.45) is 0 Å². The molecule has 0 saturated heterocycles. The highest BCUT2D eigenvalue weighted by Crippen LogP contribution is 2.16. The molecule has 0 saturated carbocycles. The summed E-state index contributed by atoms with van der Waals surface area (Å²) in [7, 11) is 1.57. The summed E-state index contributed by atoms with van der Waals surface area (Å²) >= 11 is 0. The Kier molecular flexibility index (Phi) is 5.79. The van der Waals surface area contributed by atoms with Crippen LogP contribution < -0.4 is 15.4 Å². The van der Waals surface area contributed by atoms with Crippen LogP contribution in [-0.2, 0) is 4.79 Å². The second kappa shape index (κ2) is 7.34. The zero-order chi connectivity index (χ0) is 15.1. The maximum atomic E-state index is 11.5. The molecular weight excluding hydrogens is 264 g/mol. The van der Waals surface area contributed by atoms with Crippen LogP contribution in [0.5, 0.6) is 5.75 Å². The number of carboxylic acids is 1. The number of hydrogen-bond donors (Lipinski definition) is 4. The monoisotopic (exact) mass is 282 g/mol. The van der Waals surface area contributed by atoms with Gasteiger partial charge in [0.25, 0.3) is 0 Å². The predicted octanol–water partition coefficient (Wildman–Crippen LogP) is 0.501. The summed E-state index contributed by atoms with van der Waals surface area (Å²) < 4.78 is 5.03. The van der Waals surface area contributed by atoms with Crippen molar-refractivity contribution >= 4 is 12.0 Å². The molecule has 0 spiro atoms. The Morgan fingerprint density at radius 3 is 2.40 bits per heavy atom. The molecule has 2 amide bonds. The number of rotatable bonds is 6. The van der Waals surface area contributed by atoms with Crippen LogP contribution in [0, 0.1) is 0 Å². The van der Waals surface area contributed by atoms with Gasteiger partial charge in [-0.25, -0.2) is 9.59 Å². The molecule has 1 aromatic rings. The summed E-state index contributed by atoms with van der Waals surface area (Å²) in [6, 6.07) is 6.38. The van der Waals surface area contributed by atoms with Gasteiger partial charge in [-0.2, -0.15) is 0 Å². The number of ether oxygens (including phenoxy) is 1. The second-order valence-electron chi connectivity index (χ2n) is 4.20. The standard InChI is InChI=1S/C13H18N2O5/c1-8(9-3-5-10(20-2)6-4-9)15-13(19)14-7-11(16)12(17)18/h3-6,8,11,16H,7H2,1-2H3,(H,17,18)(H2,14,15,19)/t8?,11-/m0/s1. The van der Waals surface area contributed by atoms with Gasteiger partial charge >= 0.3 is 12.0 Å². The van der Waals surface area contributed by atoms with Crippen LogP contribution in [0.25, 0.3) is 0 Å². The summed E-state index contributed by atoms with van der Waals surface area (Å²) in [5, 5.41) is 22.4. The predicted molar refractivity (Wildman–Crippen MR) is 71.6 cm³/mol. The van der Waals surface area contributed by atoms with Crippen LogP contribution in [0.15, 0.2) is 24.3 Å². The number of aliphatic carboxylic acids is 1. The van der Waals surface area contributed by atoms with E-state index >= 15 is 0 Å². The molecule has 2 atom stereocenters. The molecule has 7 heteroatoms. The lowest BCUT2D eigenvalue weighted by Crippen LogP contribution is -2.42. The van der Waals surface area contributed by atoms with E-state index in [-0.39, 0.29) is 12.6 Å². The van der Waals surface area contributed by atoms with Gasteiger partial charge in [0, 0.05) is 0 Å². The van der Waals surface area contributed by atoms with Crippen molar-refractivity contribution in [3.05, 3.63) is 29.8 Å². The number of aliphatic hydroxyl groups excluding tert-OH is 1. The number of benzene rings is 1. The fraction of sp³-hybridized carbons (Fsp3) is 0.385. The number of nitrogens with one attached hydrogen (secondary N) is 2. The van der Waals surface area contributed by atoms with Crippen molar-refractivity contribution in [1.82, 2.24) is 10.6 Å². The lowest BCUT2D eigenvalue weighted by molar-refractivity contribution is -0.146. The molecule has 20 heavy (non-hydrogen) atoms. The SMILES string of the molecule is COc1ccc(C(C)NC(=O)NC[C@H](O)C(=O)O)cc1. The van der Waals surface area contributed by atoms with E-state index in [0.29, 0.717) is 0 Å². The number of amides is 2. The summed E-state index contributed by atoms with van der Waals surface area (Å²) in [6.07, 6.45) is -1.61. The number of methoxy groups -OCH3 is 1. The number of aliphatic hydroxyl groups is 1. The van der Waals surface area contributed by atoms with E-state index in [1.165, 1.54) is 0 Å². The third kappa shape index (κ3) is 4.77. The van der Waals surface area contributed by atoms with E-state index in [9.17, 15) is 9.59 Å². The summed E-state index contributed by atoms with van der Waals surface area (Å²) in [5.41, 5.74) is 0.875. The maximum absolute atomic E-state index is 11.5. The molecule has 0 aliphatic carbocycles. The normalized spacial score (nSPS) is 13.2. The quantitative estimate of drug-likeness (QED) is 0.607. The molecule has 0 aliphatic heterocycles. The van der Waals surface area contributed by atoms with Crippen LogP contribution in [0.1, 0.15) is 18.5 Å². The lowest BCUT2D eigenvalue weighted by atomic mass is 10.1. The average Bonchev–Trinajstić information content (AvgIpc) is 2.44. The van der Waals surface area contributed by atoms with E-state index in [1.807, 2.05) is 12.1 Å². The molecule has 1 aromatic carbocycles. The van der Waals surface area contributed by atoms with Gasteiger partial charge in [-0.05, 0) is 24.6 Å². The van der Waals surface area contributed by atoms with E-state index < -0.39 is 18.1 Å². The first kappa shape index (κ1) is 15.8. The molecule has 0 aromatic heterocycles. The Bertz CT molecular complexity index is 460. The summed E-state index contributed by atoms with van der Waals surface area (Å²) in [6.45, 7) is 1.44. The van der Waals surface area contributed by atoms with Gasteiger partial charge in [-0.3, -0.25) is 0 Å². The molecule has 0 aliphatic rings. The van der Waals surface area contributed by atoms with Gasteiger partial charge in [0.05, 0.1) is 19.7 Å². The topological polar surface area (TPSA) is 108 Å². The summed E-state index contributed by atoms with van der Waals surface area (Å²) in [5.74, 6) is -0.663. The first-order valence-electron chi connectivity index (χ1n) is 6.03. The second-order valence-corrected chi connectivity index (χ2v) is 4.20. The van der Waals surface area contributed by atoms with Crippen LogP contribution >= 0.6 is 0 Å². The van der Waals surface area contributed by atoms with Crippen molar-refractivity contribution in [3.8, 4) is 5.75 Å². The molecule has 1 rings (SSSR count). The zero-order valence-corrected chi connectivity index (χ0v) is 11.3. The first-order chi connectivity index (χ1) is 9.43. The minimum Gasteiger partial charge on any atom is -0.497 e. The third-order valence-electron chi connectivity index (χ3n) is 2.70. The smallest absolute Gasteiger partial charge is 0.334 e. The summed E-state index contributed by atoms with van der Waals surface area (Å²) in [4.78, 5) is 21.9. The Hall–Kier alpha value is -2.28.